The molecular formula is C16H26N2O2. The number of rotatable bonds is 9. The molecule has 0 atom stereocenters. The summed E-state index contributed by atoms with van der Waals surface area (Å²) in [5, 5.41) is 6.07. The Morgan fingerprint density at radius 3 is 2.50 bits per heavy atom. The first-order chi connectivity index (χ1) is 9.61. The Morgan fingerprint density at radius 2 is 1.90 bits per heavy atom. The van der Waals surface area contributed by atoms with E-state index in [1.54, 1.807) is 7.11 Å². The van der Waals surface area contributed by atoms with Crippen LogP contribution in [0.3, 0.4) is 0 Å². The highest BCUT2D eigenvalue weighted by atomic mass is 16.5. The molecule has 1 rings (SSSR count). The lowest BCUT2D eigenvalue weighted by Gasteiger charge is -2.08. The number of amides is 1. The average molecular weight is 278 g/mol. The lowest BCUT2D eigenvalue weighted by molar-refractivity contribution is -0.120. The number of hydrogen-bond acceptors (Lipinski definition) is 3. The second-order valence-corrected chi connectivity index (χ2v) is 5.31. The molecule has 0 radical (unpaired) electrons. The number of benzene rings is 1. The molecule has 1 amide bonds. The number of methoxy groups -OCH3 is 1. The van der Waals surface area contributed by atoms with Gasteiger partial charge in [0.1, 0.15) is 5.75 Å². The fourth-order valence-electron chi connectivity index (χ4n) is 1.79. The highest BCUT2D eigenvalue weighted by Gasteiger charge is 2.01. The molecule has 1 aromatic carbocycles. The van der Waals surface area contributed by atoms with Crippen LogP contribution in [0.4, 0.5) is 0 Å². The first-order valence-corrected chi connectivity index (χ1v) is 7.22. The third kappa shape index (κ3) is 7.14. The second kappa shape index (κ2) is 9.37. The van der Waals surface area contributed by atoms with Gasteiger partial charge < -0.3 is 15.4 Å². The van der Waals surface area contributed by atoms with Crippen LogP contribution < -0.4 is 15.4 Å². The third-order valence-corrected chi connectivity index (χ3v) is 3.08. The van der Waals surface area contributed by atoms with Gasteiger partial charge >= 0.3 is 0 Å². The van der Waals surface area contributed by atoms with Gasteiger partial charge in [-0.2, -0.15) is 0 Å². The molecule has 0 aliphatic carbocycles. The Hall–Kier alpha value is -1.55. The maximum Gasteiger partial charge on any atom is 0.233 e. The van der Waals surface area contributed by atoms with E-state index in [1.807, 2.05) is 24.3 Å². The van der Waals surface area contributed by atoms with Crippen molar-refractivity contribution in [2.75, 3.05) is 26.7 Å². The number of carbonyl (C=O) groups is 1. The minimum absolute atomic E-state index is 0.0698. The Bertz CT molecular complexity index is 388. The van der Waals surface area contributed by atoms with E-state index in [4.69, 9.17) is 4.74 Å². The van der Waals surface area contributed by atoms with Gasteiger partial charge in [-0.25, -0.2) is 0 Å². The molecule has 4 nitrogen and oxygen atoms in total. The maximum absolute atomic E-state index is 11.5. The molecule has 0 fully saturated rings. The van der Waals surface area contributed by atoms with Crippen molar-refractivity contribution >= 4 is 5.91 Å². The zero-order valence-electron chi connectivity index (χ0n) is 12.7. The van der Waals surface area contributed by atoms with Crippen molar-refractivity contribution in [3.05, 3.63) is 29.8 Å². The molecule has 0 spiro atoms. The third-order valence-electron chi connectivity index (χ3n) is 3.08. The van der Waals surface area contributed by atoms with Crippen molar-refractivity contribution in [2.24, 2.45) is 5.92 Å². The van der Waals surface area contributed by atoms with Gasteiger partial charge in [-0.05, 0) is 43.0 Å². The molecule has 4 heteroatoms. The molecule has 1 aromatic rings. The summed E-state index contributed by atoms with van der Waals surface area (Å²) in [6.07, 6.45) is 1.93. The van der Waals surface area contributed by atoms with Crippen LogP contribution in [0.25, 0.3) is 0 Å². The van der Waals surface area contributed by atoms with Gasteiger partial charge in [-0.15, -0.1) is 0 Å². The monoisotopic (exact) mass is 278 g/mol. The first-order valence-electron chi connectivity index (χ1n) is 7.22. The van der Waals surface area contributed by atoms with Gasteiger partial charge in [-0.1, -0.05) is 26.0 Å². The molecule has 0 aromatic heterocycles. The van der Waals surface area contributed by atoms with Gasteiger partial charge in [-0.3, -0.25) is 4.79 Å². The standard InChI is InChI=1S/C16H26N2O2/c1-13(2)8-11-18-16(19)12-17-10-9-14-4-6-15(20-3)7-5-14/h4-7,13,17H,8-12H2,1-3H3,(H,18,19). The summed E-state index contributed by atoms with van der Waals surface area (Å²) in [7, 11) is 1.66. The number of ether oxygens (including phenoxy) is 1. The van der Waals surface area contributed by atoms with Gasteiger partial charge in [0.05, 0.1) is 13.7 Å². The minimum atomic E-state index is 0.0698. The van der Waals surface area contributed by atoms with Crippen LogP contribution in [0.1, 0.15) is 25.8 Å². The van der Waals surface area contributed by atoms with Crippen LogP contribution in [0, 0.1) is 5.92 Å². The van der Waals surface area contributed by atoms with E-state index in [-0.39, 0.29) is 5.91 Å². The summed E-state index contributed by atoms with van der Waals surface area (Å²) in [4.78, 5) is 11.5. The van der Waals surface area contributed by atoms with Crippen molar-refractivity contribution in [3.8, 4) is 5.75 Å². The summed E-state index contributed by atoms with van der Waals surface area (Å²) < 4.78 is 5.11. The van der Waals surface area contributed by atoms with E-state index in [2.05, 4.69) is 24.5 Å². The van der Waals surface area contributed by atoms with E-state index in [0.29, 0.717) is 12.5 Å². The number of carbonyl (C=O) groups excluding carboxylic acids is 1. The van der Waals surface area contributed by atoms with Crippen LogP contribution >= 0.6 is 0 Å². The Kier molecular flexibility index (Phi) is 7.73. The van der Waals surface area contributed by atoms with E-state index in [0.717, 1.165) is 31.7 Å². The Balaban J connectivity index is 2.10. The van der Waals surface area contributed by atoms with Crippen LogP contribution in [-0.4, -0.2) is 32.7 Å². The van der Waals surface area contributed by atoms with E-state index < -0.39 is 0 Å². The molecule has 0 heterocycles. The largest absolute Gasteiger partial charge is 0.497 e. The van der Waals surface area contributed by atoms with Crippen molar-refractivity contribution in [2.45, 2.75) is 26.7 Å². The smallest absolute Gasteiger partial charge is 0.233 e. The molecule has 0 bridgehead atoms. The molecule has 20 heavy (non-hydrogen) atoms. The van der Waals surface area contributed by atoms with E-state index in [1.165, 1.54) is 5.56 Å². The minimum Gasteiger partial charge on any atom is -0.497 e. The Morgan fingerprint density at radius 1 is 1.20 bits per heavy atom. The lowest BCUT2D eigenvalue weighted by Crippen LogP contribution is -2.35. The number of nitrogens with one attached hydrogen (secondary N) is 2. The highest BCUT2D eigenvalue weighted by molar-refractivity contribution is 5.77. The van der Waals surface area contributed by atoms with Gasteiger partial charge in [0.15, 0.2) is 0 Å². The summed E-state index contributed by atoms with van der Waals surface area (Å²) >= 11 is 0. The van der Waals surface area contributed by atoms with Crippen LogP contribution in [0.2, 0.25) is 0 Å². The molecule has 2 N–H and O–H groups in total. The van der Waals surface area contributed by atoms with Gasteiger partial charge in [0.2, 0.25) is 5.91 Å². The molecule has 0 saturated heterocycles. The summed E-state index contributed by atoms with van der Waals surface area (Å²) in [5.41, 5.74) is 1.23. The Labute approximate surface area is 121 Å². The molecule has 112 valence electrons. The van der Waals surface area contributed by atoms with Gasteiger partial charge in [0.25, 0.3) is 0 Å². The van der Waals surface area contributed by atoms with Crippen LogP contribution in [-0.2, 0) is 11.2 Å². The number of hydrogen-bond donors (Lipinski definition) is 2. The summed E-state index contributed by atoms with van der Waals surface area (Å²) in [6.45, 7) is 6.24. The van der Waals surface area contributed by atoms with Crippen molar-refractivity contribution in [1.82, 2.24) is 10.6 Å². The molecular weight excluding hydrogens is 252 g/mol. The summed E-state index contributed by atoms with van der Waals surface area (Å²) in [5.74, 6) is 1.56. The van der Waals surface area contributed by atoms with E-state index in [9.17, 15) is 4.79 Å². The zero-order chi connectivity index (χ0) is 14.8. The first kappa shape index (κ1) is 16.5. The fourth-order valence-corrected chi connectivity index (χ4v) is 1.79. The van der Waals surface area contributed by atoms with Crippen molar-refractivity contribution in [3.63, 3.8) is 0 Å². The highest BCUT2D eigenvalue weighted by Crippen LogP contribution is 2.11. The van der Waals surface area contributed by atoms with Crippen molar-refractivity contribution < 1.29 is 9.53 Å². The van der Waals surface area contributed by atoms with Crippen LogP contribution in [0.5, 0.6) is 5.75 Å². The molecule has 0 aliphatic rings. The van der Waals surface area contributed by atoms with E-state index >= 15 is 0 Å². The normalized spacial score (nSPS) is 10.6. The molecule has 0 aliphatic heterocycles. The topological polar surface area (TPSA) is 50.4 Å². The quantitative estimate of drug-likeness (QED) is 0.679. The van der Waals surface area contributed by atoms with Crippen molar-refractivity contribution in [1.29, 1.82) is 0 Å². The molecule has 0 saturated carbocycles. The average Bonchev–Trinajstić information content (AvgIpc) is 2.44. The predicted octanol–water partition coefficient (Wildman–Crippen LogP) is 1.99. The molecule has 0 unspecified atom stereocenters. The zero-order valence-corrected chi connectivity index (χ0v) is 12.7. The van der Waals surface area contributed by atoms with Crippen LogP contribution in [0.15, 0.2) is 24.3 Å². The fraction of sp³-hybridized carbons (Fsp3) is 0.562. The predicted molar refractivity (Wildman–Crippen MR) is 82.0 cm³/mol. The maximum atomic E-state index is 11.5. The second-order valence-electron chi connectivity index (χ2n) is 5.31. The summed E-state index contributed by atoms with van der Waals surface area (Å²) in [6, 6.07) is 7.99. The lowest BCUT2D eigenvalue weighted by atomic mass is 10.1. The van der Waals surface area contributed by atoms with Gasteiger partial charge in [0, 0.05) is 6.54 Å². The SMILES string of the molecule is COc1ccc(CCNCC(=O)NCCC(C)C)cc1.